The van der Waals surface area contributed by atoms with Crippen LogP contribution in [-0.2, 0) is 11.3 Å². The van der Waals surface area contributed by atoms with E-state index in [0.717, 1.165) is 17.1 Å². The Morgan fingerprint density at radius 3 is 3.00 bits per heavy atom. The quantitative estimate of drug-likeness (QED) is 0.739. The van der Waals surface area contributed by atoms with Gasteiger partial charge in [-0.3, -0.25) is 0 Å². The molecule has 0 bridgehead atoms. The number of fused-ring (bicyclic) bond motifs is 1. The minimum atomic E-state index is 0.519. The Morgan fingerprint density at radius 2 is 2.29 bits per heavy atom. The summed E-state index contributed by atoms with van der Waals surface area (Å²) in [6.45, 7) is 0.519. The Morgan fingerprint density at radius 1 is 1.43 bits per heavy atom. The van der Waals surface area contributed by atoms with Crippen LogP contribution in [0, 0.1) is 0 Å². The number of hydrogen-bond donors (Lipinski definition) is 0. The third-order valence-corrected chi connectivity index (χ3v) is 2.01. The molecule has 0 atom stereocenters. The zero-order valence-electron chi connectivity index (χ0n) is 8.23. The van der Waals surface area contributed by atoms with Gasteiger partial charge in [0.25, 0.3) is 0 Å². The second-order valence-electron chi connectivity index (χ2n) is 2.97. The van der Waals surface area contributed by atoms with Crippen molar-refractivity contribution in [2.45, 2.75) is 6.61 Å². The van der Waals surface area contributed by atoms with Crippen molar-refractivity contribution in [1.82, 2.24) is 9.38 Å². The molecule has 74 valence electrons. The van der Waals surface area contributed by atoms with Gasteiger partial charge in [0.2, 0.25) is 0 Å². The predicted octanol–water partition coefficient (Wildman–Crippen LogP) is 1.49. The molecule has 0 aliphatic rings. The summed E-state index contributed by atoms with van der Waals surface area (Å²) in [5.74, 6) is 0.773. The summed E-state index contributed by atoms with van der Waals surface area (Å²) < 4.78 is 12.1. The fraction of sp³-hybridized carbons (Fsp3) is 0.300. The van der Waals surface area contributed by atoms with E-state index < -0.39 is 0 Å². The highest BCUT2D eigenvalue weighted by molar-refractivity contribution is 5.54. The zero-order chi connectivity index (χ0) is 9.97. The first-order valence-corrected chi connectivity index (χ1v) is 4.34. The van der Waals surface area contributed by atoms with Gasteiger partial charge in [-0.1, -0.05) is 0 Å². The molecule has 0 spiro atoms. The summed E-state index contributed by atoms with van der Waals surface area (Å²) in [5.41, 5.74) is 1.72. The maximum Gasteiger partial charge on any atom is 0.179 e. The Labute approximate surface area is 82.1 Å². The van der Waals surface area contributed by atoms with Gasteiger partial charge in [0.1, 0.15) is 0 Å². The fourth-order valence-corrected chi connectivity index (χ4v) is 1.41. The zero-order valence-corrected chi connectivity index (χ0v) is 8.23. The van der Waals surface area contributed by atoms with Gasteiger partial charge in [0, 0.05) is 19.5 Å². The van der Waals surface area contributed by atoms with Gasteiger partial charge in [-0.05, 0) is 12.1 Å². The fourth-order valence-electron chi connectivity index (χ4n) is 1.41. The minimum Gasteiger partial charge on any atom is -0.493 e. The number of hydrogen-bond acceptors (Lipinski definition) is 3. The van der Waals surface area contributed by atoms with E-state index in [0.29, 0.717) is 6.61 Å². The molecule has 0 aliphatic carbocycles. The maximum atomic E-state index is 5.19. The summed E-state index contributed by atoms with van der Waals surface area (Å²) in [6.07, 6.45) is 3.87. The average Bonchev–Trinajstić information content (AvgIpc) is 2.60. The molecule has 2 heterocycles. The van der Waals surface area contributed by atoms with Gasteiger partial charge in [0.05, 0.1) is 19.4 Å². The van der Waals surface area contributed by atoms with E-state index in [-0.39, 0.29) is 0 Å². The number of imidazole rings is 1. The molecule has 0 saturated carbocycles. The van der Waals surface area contributed by atoms with Crippen molar-refractivity contribution in [3.8, 4) is 5.75 Å². The molecule has 0 saturated heterocycles. The van der Waals surface area contributed by atoms with Crippen LogP contribution in [0.15, 0.2) is 24.5 Å². The number of aromatic nitrogens is 2. The standard InChI is InChI=1S/C10H12N2O2/c1-13-7-8-6-12-5-3-4-9(14-2)10(12)11-8/h3-6H,7H2,1-2H3. The molecule has 2 rings (SSSR count). The molecule has 0 N–H and O–H groups in total. The molecule has 0 unspecified atom stereocenters. The van der Waals surface area contributed by atoms with Crippen LogP contribution in [0.3, 0.4) is 0 Å². The molecular formula is C10H12N2O2. The SMILES string of the molecule is COCc1cn2cccc(OC)c2n1. The Kier molecular flexibility index (Phi) is 2.37. The number of nitrogens with zero attached hydrogens (tertiary/aromatic N) is 2. The van der Waals surface area contributed by atoms with Crippen molar-refractivity contribution >= 4 is 5.65 Å². The van der Waals surface area contributed by atoms with Gasteiger partial charge in [-0.25, -0.2) is 4.98 Å². The van der Waals surface area contributed by atoms with Crippen molar-refractivity contribution in [3.63, 3.8) is 0 Å². The molecule has 2 aromatic rings. The van der Waals surface area contributed by atoms with E-state index in [1.807, 2.05) is 28.9 Å². The van der Waals surface area contributed by atoms with Crippen molar-refractivity contribution in [3.05, 3.63) is 30.2 Å². The molecule has 14 heavy (non-hydrogen) atoms. The van der Waals surface area contributed by atoms with E-state index in [9.17, 15) is 0 Å². The first-order chi connectivity index (χ1) is 6.85. The molecular weight excluding hydrogens is 180 g/mol. The smallest absolute Gasteiger partial charge is 0.179 e. The number of pyridine rings is 1. The minimum absolute atomic E-state index is 0.519. The summed E-state index contributed by atoms with van der Waals surface area (Å²) in [7, 11) is 3.29. The number of methoxy groups -OCH3 is 2. The van der Waals surface area contributed by atoms with Gasteiger partial charge in [-0.15, -0.1) is 0 Å². The predicted molar refractivity (Wildman–Crippen MR) is 52.5 cm³/mol. The molecule has 0 aliphatic heterocycles. The third-order valence-electron chi connectivity index (χ3n) is 2.01. The second-order valence-corrected chi connectivity index (χ2v) is 2.97. The monoisotopic (exact) mass is 192 g/mol. The molecule has 0 radical (unpaired) electrons. The van der Waals surface area contributed by atoms with Crippen LogP contribution >= 0.6 is 0 Å². The second kappa shape index (κ2) is 3.67. The molecule has 4 nitrogen and oxygen atoms in total. The highest BCUT2D eigenvalue weighted by Crippen LogP contribution is 2.18. The van der Waals surface area contributed by atoms with Crippen LogP contribution in [0.2, 0.25) is 0 Å². The lowest BCUT2D eigenvalue weighted by Crippen LogP contribution is -1.88. The first kappa shape index (κ1) is 9.02. The summed E-state index contributed by atoms with van der Waals surface area (Å²) >= 11 is 0. The number of ether oxygens (including phenoxy) is 2. The normalized spacial score (nSPS) is 10.7. The van der Waals surface area contributed by atoms with Crippen LogP contribution < -0.4 is 4.74 Å². The van der Waals surface area contributed by atoms with Crippen LogP contribution in [-0.4, -0.2) is 23.6 Å². The lowest BCUT2D eigenvalue weighted by molar-refractivity contribution is 0.182. The van der Waals surface area contributed by atoms with Crippen LogP contribution in [0.1, 0.15) is 5.69 Å². The van der Waals surface area contributed by atoms with Gasteiger partial charge in [0.15, 0.2) is 11.4 Å². The van der Waals surface area contributed by atoms with Crippen LogP contribution in [0.25, 0.3) is 5.65 Å². The van der Waals surface area contributed by atoms with Crippen LogP contribution in [0.4, 0.5) is 0 Å². The number of rotatable bonds is 3. The van der Waals surface area contributed by atoms with E-state index in [4.69, 9.17) is 9.47 Å². The van der Waals surface area contributed by atoms with E-state index >= 15 is 0 Å². The van der Waals surface area contributed by atoms with Gasteiger partial charge < -0.3 is 13.9 Å². The molecule has 0 fully saturated rings. The van der Waals surface area contributed by atoms with Gasteiger partial charge in [-0.2, -0.15) is 0 Å². The van der Waals surface area contributed by atoms with E-state index in [1.54, 1.807) is 14.2 Å². The summed E-state index contributed by atoms with van der Waals surface area (Å²) in [6, 6.07) is 3.81. The Hall–Kier alpha value is -1.55. The Bertz CT molecular complexity index is 437. The highest BCUT2D eigenvalue weighted by Gasteiger charge is 2.05. The third kappa shape index (κ3) is 1.44. The summed E-state index contributed by atoms with van der Waals surface area (Å²) in [5, 5.41) is 0. The Balaban J connectivity index is 2.52. The van der Waals surface area contributed by atoms with Crippen molar-refractivity contribution in [2.24, 2.45) is 0 Å². The van der Waals surface area contributed by atoms with Crippen LogP contribution in [0.5, 0.6) is 5.75 Å². The van der Waals surface area contributed by atoms with Gasteiger partial charge >= 0.3 is 0 Å². The molecule has 2 aromatic heterocycles. The summed E-state index contributed by atoms with van der Waals surface area (Å²) in [4.78, 5) is 4.39. The largest absolute Gasteiger partial charge is 0.493 e. The first-order valence-electron chi connectivity index (χ1n) is 4.34. The lowest BCUT2D eigenvalue weighted by Gasteiger charge is -1.99. The molecule has 4 heteroatoms. The highest BCUT2D eigenvalue weighted by atomic mass is 16.5. The maximum absolute atomic E-state index is 5.19. The molecule has 0 aromatic carbocycles. The van der Waals surface area contributed by atoms with Crippen molar-refractivity contribution in [2.75, 3.05) is 14.2 Å². The van der Waals surface area contributed by atoms with Crippen molar-refractivity contribution in [1.29, 1.82) is 0 Å². The topological polar surface area (TPSA) is 35.8 Å². The molecule has 0 amide bonds. The van der Waals surface area contributed by atoms with E-state index in [1.165, 1.54) is 0 Å². The average molecular weight is 192 g/mol. The lowest BCUT2D eigenvalue weighted by atomic mass is 10.4. The van der Waals surface area contributed by atoms with Crippen molar-refractivity contribution < 1.29 is 9.47 Å². The van der Waals surface area contributed by atoms with E-state index in [2.05, 4.69) is 4.98 Å².